The Morgan fingerprint density at radius 1 is 0.920 bits per heavy atom. The quantitative estimate of drug-likeness (QED) is 0.712. The van der Waals surface area contributed by atoms with Gasteiger partial charge >= 0.3 is 0 Å². The fraction of sp³-hybridized carbons (Fsp3) is 0.111. The van der Waals surface area contributed by atoms with Crippen LogP contribution in [0.3, 0.4) is 0 Å². The Hall–Kier alpha value is -2.99. The van der Waals surface area contributed by atoms with Crippen molar-refractivity contribution in [2.45, 2.75) is 13.1 Å². The molecular formula is C18H16ClN5O. The molecular weight excluding hydrogens is 338 g/mol. The van der Waals surface area contributed by atoms with Crippen LogP contribution in [-0.4, -0.2) is 20.9 Å². The van der Waals surface area contributed by atoms with Crippen molar-refractivity contribution in [3.05, 3.63) is 82.9 Å². The maximum Gasteiger partial charge on any atom is 0.254 e. The number of amides is 1. The maximum atomic E-state index is 12.1. The van der Waals surface area contributed by atoms with Gasteiger partial charge in [0.05, 0.1) is 5.56 Å². The van der Waals surface area contributed by atoms with E-state index < -0.39 is 0 Å². The number of carbonyl (C=O) groups is 1. The van der Waals surface area contributed by atoms with Gasteiger partial charge in [-0.3, -0.25) is 9.78 Å². The van der Waals surface area contributed by atoms with E-state index in [9.17, 15) is 4.79 Å². The number of halogens is 1. The summed E-state index contributed by atoms with van der Waals surface area (Å²) in [5, 5.41) is 6.62. The first-order valence-electron chi connectivity index (χ1n) is 7.68. The molecule has 1 amide bonds. The summed E-state index contributed by atoms with van der Waals surface area (Å²) in [4.78, 5) is 24.4. The second kappa shape index (κ2) is 8.21. The summed E-state index contributed by atoms with van der Waals surface area (Å²) in [5.74, 6) is 0.238. The van der Waals surface area contributed by atoms with Crippen molar-refractivity contribution in [2.24, 2.45) is 0 Å². The third kappa shape index (κ3) is 4.99. The molecule has 126 valence electrons. The van der Waals surface area contributed by atoms with Gasteiger partial charge in [0, 0.05) is 42.9 Å². The van der Waals surface area contributed by atoms with Crippen molar-refractivity contribution in [2.75, 3.05) is 5.32 Å². The van der Waals surface area contributed by atoms with Gasteiger partial charge in [-0.15, -0.1) is 0 Å². The summed E-state index contributed by atoms with van der Waals surface area (Å²) < 4.78 is 0. The standard InChI is InChI=1S/C18H16ClN5O/c19-16-3-1-13(2-4-16)10-22-18-23-11-15(12-24-18)17(25)21-9-14-5-7-20-8-6-14/h1-8,11-12H,9-10H2,(H,21,25)(H,22,23,24). The minimum Gasteiger partial charge on any atom is -0.350 e. The van der Waals surface area contributed by atoms with Crippen LogP contribution in [0.1, 0.15) is 21.5 Å². The number of rotatable bonds is 6. The molecule has 0 spiro atoms. The van der Waals surface area contributed by atoms with Gasteiger partial charge in [-0.1, -0.05) is 23.7 Å². The monoisotopic (exact) mass is 353 g/mol. The zero-order chi connectivity index (χ0) is 17.5. The number of anilines is 1. The highest BCUT2D eigenvalue weighted by molar-refractivity contribution is 6.30. The molecule has 0 aliphatic carbocycles. The molecule has 3 aromatic rings. The van der Waals surface area contributed by atoms with Crippen LogP contribution in [0.25, 0.3) is 0 Å². The third-order valence-electron chi connectivity index (χ3n) is 3.48. The molecule has 1 aromatic carbocycles. The Morgan fingerprint density at radius 2 is 1.56 bits per heavy atom. The average molecular weight is 354 g/mol. The van der Waals surface area contributed by atoms with Crippen molar-refractivity contribution >= 4 is 23.5 Å². The summed E-state index contributed by atoms with van der Waals surface area (Å²) in [6.07, 6.45) is 6.37. The smallest absolute Gasteiger partial charge is 0.254 e. The molecule has 0 bridgehead atoms. The first-order chi connectivity index (χ1) is 12.2. The molecule has 0 saturated heterocycles. The lowest BCUT2D eigenvalue weighted by atomic mass is 10.2. The number of hydrogen-bond donors (Lipinski definition) is 2. The number of pyridine rings is 1. The highest BCUT2D eigenvalue weighted by atomic mass is 35.5. The normalized spacial score (nSPS) is 10.3. The van der Waals surface area contributed by atoms with E-state index in [1.807, 2.05) is 36.4 Å². The molecule has 0 fully saturated rings. The van der Waals surface area contributed by atoms with Crippen LogP contribution in [0.5, 0.6) is 0 Å². The Morgan fingerprint density at radius 3 is 2.24 bits per heavy atom. The van der Waals surface area contributed by atoms with Crippen LogP contribution in [0, 0.1) is 0 Å². The minimum atomic E-state index is -0.221. The second-order valence-electron chi connectivity index (χ2n) is 5.31. The van der Waals surface area contributed by atoms with Crippen LogP contribution >= 0.6 is 11.6 Å². The molecule has 6 nitrogen and oxygen atoms in total. The summed E-state index contributed by atoms with van der Waals surface area (Å²) in [6, 6.07) is 11.2. The number of nitrogens with zero attached hydrogens (tertiary/aromatic N) is 3. The average Bonchev–Trinajstić information content (AvgIpc) is 2.67. The van der Waals surface area contributed by atoms with Gasteiger partial charge in [0.25, 0.3) is 5.91 Å². The Bertz CT molecular complexity index is 822. The van der Waals surface area contributed by atoms with Gasteiger partial charge in [-0.2, -0.15) is 0 Å². The third-order valence-corrected chi connectivity index (χ3v) is 3.73. The molecule has 7 heteroatoms. The highest BCUT2D eigenvalue weighted by Crippen LogP contribution is 2.10. The molecule has 2 heterocycles. The number of nitrogens with one attached hydrogen (secondary N) is 2. The molecule has 2 aromatic heterocycles. The zero-order valence-corrected chi connectivity index (χ0v) is 14.1. The topological polar surface area (TPSA) is 79.8 Å². The van der Waals surface area contributed by atoms with Crippen LogP contribution in [0.15, 0.2) is 61.2 Å². The molecule has 25 heavy (non-hydrogen) atoms. The van der Waals surface area contributed by atoms with Crippen LogP contribution < -0.4 is 10.6 Å². The first kappa shape index (κ1) is 16.9. The maximum absolute atomic E-state index is 12.1. The van der Waals surface area contributed by atoms with E-state index in [0.717, 1.165) is 11.1 Å². The summed E-state index contributed by atoms with van der Waals surface area (Å²) in [7, 11) is 0. The van der Waals surface area contributed by atoms with E-state index in [-0.39, 0.29) is 5.91 Å². The summed E-state index contributed by atoms with van der Waals surface area (Å²) in [5.41, 5.74) is 2.45. The van der Waals surface area contributed by atoms with E-state index in [2.05, 4.69) is 25.6 Å². The van der Waals surface area contributed by atoms with E-state index in [1.54, 1.807) is 12.4 Å². The Kier molecular flexibility index (Phi) is 5.53. The summed E-state index contributed by atoms with van der Waals surface area (Å²) >= 11 is 5.85. The van der Waals surface area contributed by atoms with Crippen molar-refractivity contribution in [1.82, 2.24) is 20.3 Å². The predicted molar refractivity (Wildman–Crippen MR) is 96.2 cm³/mol. The lowest BCUT2D eigenvalue weighted by Crippen LogP contribution is -2.23. The SMILES string of the molecule is O=C(NCc1ccncc1)c1cnc(NCc2ccc(Cl)cc2)nc1. The second-order valence-corrected chi connectivity index (χ2v) is 5.75. The number of carbonyl (C=O) groups excluding carboxylic acids is 1. The molecule has 0 unspecified atom stereocenters. The first-order valence-corrected chi connectivity index (χ1v) is 8.06. The van der Waals surface area contributed by atoms with E-state index in [1.165, 1.54) is 12.4 Å². The van der Waals surface area contributed by atoms with Gasteiger partial charge in [0.15, 0.2) is 0 Å². The molecule has 0 aliphatic rings. The number of hydrogen-bond acceptors (Lipinski definition) is 5. The molecule has 2 N–H and O–H groups in total. The van der Waals surface area contributed by atoms with Gasteiger partial charge in [0.2, 0.25) is 5.95 Å². The van der Waals surface area contributed by atoms with Crippen molar-refractivity contribution in [1.29, 1.82) is 0 Å². The van der Waals surface area contributed by atoms with Gasteiger partial charge in [-0.25, -0.2) is 9.97 Å². The molecule has 3 rings (SSSR count). The number of benzene rings is 1. The fourth-order valence-corrected chi connectivity index (χ4v) is 2.23. The van der Waals surface area contributed by atoms with Crippen LogP contribution in [0.2, 0.25) is 5.02 Å². The Balaban J connectivity index is 1.52. The zero-order valence-electron chi connectivity index (χ0n) is 13.3. The summed E-state index contributed by atoms with van der Waals surface area (Å²) in [6.45, 7) is 1.00. The van der Waals surface area contributed by atoms with Crippen LogP contribution in [-0.2, 0) is 13.1 Å². The largest absolute Gasteiger partial charge is 0.350 e. The van der Waals surface area contributed by atoms with Crippen molar-refractivity contribution in [3.63, 3.8) is 0 Å². The number of aromatic nitrogens is 3. The minimum absolute atomic E-state index is 0.221. The van der Waals surface area contributed by atoms with Crippen molar-refractivity contribution in [3.8, 4) is 0 Å². The molecule has 0 radical (unpaired) electrons. The fourth-order valence-electron chi connectivity index (χ4n) is 2.10. The lowest BCUT2D eigenvalue weighted by Gasteiger charge is -2.07. The predicted octanol–water partition coefficient (Wildman–Crippen LogP) is 3.07. The Labute approximate surface area is 150 Å². The van der Waals surface area contributed by atoms with E-state index >= 15 is 0 Å². The van der Waals surface area contributed by atoms with E-state index in [0.29, 0.717) is 29.6 Å². The van der Waals surface area contributed by atoms with Crippen LogP contribution in [0.4, 0.5) is 5.95 Å². The molecule has 0 saturated carbocycles. The molecule has 0 aliphatic heterocycles. The van der Waals surface area contributed by atoms with Gasteiger partial charge < -0.3 is 10.6 Å². The van der Waals surface area contributed by atoms with Gasteiger partial charge in [-0.05, 0) is 35.4 Å². The highest BCUT2D eigenvalue weighted by Gasteiger charge is 2.07. The van der Waals surface area contributed by atoms with E-state index in [4.69, 9.17) is 11.6 Å². The van der Waals surface area contributed by atoms with Gasteiger partial charge in [0.1, 0.15) is 0 Å². The van der Waals surface area contributed by atoms with Crippen molar-refractivity contribution < 1.29 is 4.79 Å². The molecule has 0 atom stereocenters. The lowest BCUT2D eigenvalue weighted by molar-refractivity contribution is 0.0950.